The van der Waals surface area contributed by atoms with Gasteiger partial charge < -0.3 is 4.90 Å². The number of hydrogen-bond acceptors (Lipinski definition) is 2. The summed E-state index contributed by atoms with van der Waals surface area (Å²) in [7, 11) is 1.68. The number of rotatable bonds is 4. The molecule has 0 fully saturated rings. The molecule has 12 heavy (non-hydrogen) atoms. The molecule has 4 heteroatoms. The van der Waals surface area contributed by atoms with E-state index in [-0.39, 0.29) is 11.8 Å². The summed E-state index contributed by atoms with van der Waals surface area (Å²) >= 11 is 5.51. The molecule has 1 atom stereocenters. The monoisotopic (exact) mass is 188 g/mol. The zero-order chi connectivity index (χ0) is 9.56. The molecule has 0 radical (unpaired) electrons. The van der Waals surface area contributed by atoms with Crippen LogP contribution in [0.2, 0.25) is 0 Å². The molecular weight excluding hydrogens is 176 g/mol. The lowest BCUT2D eigenvalue weighted by Crippen LogP contribution is -2.33. The first-order valence-electron chi connectivity index (χ1n) is 3.81. The van der Waals surface area contributed by atoms with Gasteiger partial charge in [0.2, 0.25) is 5.91 Å². The third-order valence-electron chi connectivity index (χ3n) is 1.59. The van der Waals surface area contributed by atoms with E-state index in [2.05, 4.69) is 0 Å². The highest BCUT2D eigenvalue weighted by Crippen LogP contribution is 2.03. The summed E-state index contributed by atoms with van der Waals surface area (Å²) in [5.74, 6) is 0.172. The minimum Gasteiger partial charge on any atom is -0.344 e. The van der Waals surface area contributed by atoms with Gasteiger partial charge in [-0.2, -0.15) is 5.26 Å². The van der Waals surface area contributed by atoms with E-state index in [1.807, 2.05) is 6.07 Å². The largest absolute Gasteiger partial charge is 0.344 e. The van der Waals surface area contributed by atoms with Gasteiger partial charge in [0.15, 0.2) is 0 Å². The smallest absolute Gasteiger partial charge is 0.226 e. The Labute approximate surface area is 77.9 Å². The zero-order valence-electron chi connectivity index (χ0n) is 7.38. The lowest BCUT2D eigenvalue weighted by molar-refractivity contribution is -0.132. The normalized spacial score (nSPS) is 11.8. The fourth-order valence-electron chi connectivity index (χ4n) is 0.770. The molecule has 0 saturated heterocycles. The number of nitrogens with zero attached hydrogens (tertiary/aromatic N) is 2. The van der Waals surface area contributed by atoms with Gasteiger partial charge in [0.05, 0.1) is 12.5 Å². The summed E-state index contributed by atoms with van der Waals surface area (Å²) in [6, 6.07) is 1.98. The van der Waals surface area contributed by atoms with Crippen LogP contribution in [0.4, 0.5) is 0 Å². The molecule has 0 heterocycles. The van der Waals surface area contributed by atoms with Crippen LogP contribution in [0.3, 0.4) is 0 Å². The lowest BCUT2D eigenvalue weighted by Gasteiger charge is -2.18. The van der Waals surface area contributed by atoms with Crippen LogP contribution < -0.4 is 0 Å². The molecule has 3 nitrogen and oxygen atoms in total. The minimum absolute atomic E-state index is 0.000231. The standard InChI is InChI=1S/C8H13ClN2O/c1-7(6-9)8(12)11(2)5-3-4-10/h7H,3,5-6H2,1-2H3. The first kappa shape index (κ1) is 11.2. The number of carbonyl (C=O) groups excluding carboxylic acids is 1. The van der Waals surface area contributed by atoms with Crippen LogP contribution in [0.5, 0.6) is 0 Å². The Balaban J connectivity index is 3.85. The molecule has 0 aliphatic heterocycles. The molecule has 0 spiro atoms. The average Bonchev–Trinajstić information content (AvgIpc) is 2.11. The Morgan fingerprint density at radius 2 is 2.33 bits per heavy atom. The van der Waals surface area contributed by atoms with Crippen LogP contribution >= 0.6 is 11.6 Å². The predicted octanol–water partition coefficient (Wildman–Crippen LogP) is 1.23. The second-order valence-electron chi connectivity index (χ2n) is 2.72. The Bertz CT molecular complexity index is 188. The number of nitriles is 1. The van der Waals surface area contributed by atoms with Crippen molar-refractivity contribution in [1.29, 1.82) is 5.26 Å². The minimum atomic E-state index is -0.157. The van der Waals surface area contributed by atoms with Crippen molar-refractivity contribution in [2.45, 2.75) is 13.3 Å². The van der Waals surface area contributed by atoms with Gasteiger partial charge in [0.1, 0.15) is 0 Å². The molecule has 0 saturated carbocycles. The number of halogens is 1. The molecule has 0 aliphatic rings. The van der Waals surface area contributed by atoms with Gasteiger partial charge in [0, 0.05) is 25.4 Å². The van der Waals surface area contributed by atoms with Crippen molar-refractivity contribution < 1.29 is 4.79 Å². The van der Waals surface area contributed by atoms with E-state index < -0.39 is 0 Å². The summed E-state index contributed by atoms with van der Waals surface area (Å²) in [4.78, 5) is 12.8. The molecule has 68 valence electrons. The highest BCUT2D eigenvalue weighted by molar-refractivity contribution is 6.19. The molecule has 0 N–H and O–H groups in total. The molecule has 0 aromatic rings. The fraction of sp³-hybridized carbons (Fsp3) is 0.750. The van der Waals surface area contributed by atoms with Crippen LogP contribution in [-0.4, -0.2) is 30.3 Å². The van der Waals surface area contributed by atoms with Gasteiger partial charge in [0.25, 0.3) is 0 Å². The molecule has 1 amide bonds. The molecule has 0 aromatic carbocycles. The topological polar surface area (TPSA) is 44.1 Å². The third kappa shape index (κ3) is 3.59. The maximum atomic E-state index is 11.3. The average molecular weight is 189 g/mol. The van der Waals surface area contributed by atoms with Crippen molar-refractivity contribution in [3.63, 3.8) is 0 Å². The maximum Gasteiger partial charge on any atom is 0.226 e. The highest BCUT2D eigenvalue weighted by atomic mass is 35.5. The van der Waals surface area contributed by atoms with Crippen molar-refractivity contribution in [2.75, 3.05) is 19.5 Å². The van der Waals surface area contributed by atoms with E-state index in [0.29, 0.717) is 18.8 Å². The van der Waals surface area contributed by atoms with Crippen molar-refractivity contribution in [3.8, 4) is 6.07 Å². The van der Waals surface area contributed by atoms with E-state index in [0.717, 1.165) is 0 Å². The van der Waals surface area contributed by atoms with Crippen molar-refractivity contribution in [2.24, 2.45) is 5.92 Å². The number of carbonyl (C=O) groups is 1. The lowest BCUT2D eigenvalue weighted by atomic mass is 10.2. The second-order valence-corrected chi connectivity index (χ2v) is 3.03. The Morgan fingerprint density at radius 3 is 2.75 bits per heavy atom. The number of hydrogen-bond donors (Lipinski definition) is 0. The second kappa shape index (κ2) is 5.84. The zero-order valence-corrected chi connectivity index (χ0v) is 8.14. The van der Waals surface area contributed by atoms with E-state index in [1.165, 1.54) is 4.90 Å². The molecule has 1 unspecified atom stereocenters. The maximum absolute atomic E-state index is 11.3. The summed E-state index contributed by atoms with van der Waals surface area (Å²) in [6.45, 7) is 2.26. The molecule has 0 aromatic heterocycles. The molecule has 0 aliphatic carbocycles. The quantitative estimate of drug-likeness (QED) is 0.623. The third-order valence-corrected chi connectivity index (χ3v) is 2.05. The molecular formula is C8H13ClN2O. The van der Waals surface area contributed by atoms with Crippen LogP contribution in [0.25, 0.3) is 0 Å². The van der Waals surface area contributed by atoms with E-state index in [9.17, 15) is 4.79 Å². The Hall–Kier alpha value is -0.750. The van der Waals surface area contributed by atoms with Gasteiger partial charge in [-0.1, -0.05) is 6.92 Å². The summed E-state index contributed by atoms with van der Waals surface area (Å²) in [5.41, 5.74) is 0. The Morgan fingerprint density at radius 1 is 1.75 bits per heavy atom. The number of amides is 1. The van der Waals surface area contributed by atoms with Crippen LogP contribution in [0.15, 0.2) is 0 Å². The predicted molar refractivity (Wildman–Crippen MR) is 47.8 cm³/mol. The van der Waals surface area contributed by atoms with E-state index in [1.54, 1.807) is 14.0 Å². The summed E-state index contributed by atoms with van der Waals surface area (Å²) < 4.78 is 0. The van der Waals surface area contributed by atoms with Gasteiger partial charge in [-0.15, -0.1) is 11.6 Å². The first-order chi connectivity index (χ1) is 5.63. The molecule has 0 rings (SSSR count). The van der Waals surface area contributed by atoms with Gasteiger partial charge in [-0.05, 0) is 0 Å². The van der Waals surface area contributed by atoms with Crippen LogP contribution in [0, 0.1) is 17.2 Å². The number of alkyl halides is 1. The van der Waals surface area contributed by atoms with Crippen molar-refractivity contribution >= 4 is 17.5 Å². The van der Waals surface area contributed by atoms with Crippen molar-refractivity contribution in [1.82, 2.24) is 4.90 Å². The first-order valence-corrected chi connectivity index (χ1v) is 4.34. The highest BCUT2D eigenvalue weighted by Gasteiger charge is 2.15. The van der Waals surface area contributed by atoms with Crippen LogP contribution in [-0.2, 0) is 4.79 Å². The fourth-order valence-corrected chi connectivity index (χ4v) is 0.902. The summed E-state index contributed by atoms with van der Waals surface area (Å²) in [6.07, 6.45) is 0.372. The van der Waals surface area contributed by atoms with Gasteiger partial charge >= 0.3 is 0 Å². The van der Waals surface area contributed by atoms with E-state index in [4.69, 9.17) is 16.9 Å². The molecule has 0 bridgehead atoms. The van der Waals surface area contributed by atoms with Gasteiger partial charge in [-0.3, -0.25) is 4.79 Å². The summed E-state index contributed by atoms with van der Waals surface area (Å²) in [5, 5.41) is 8.28. The van der Waals surface area contributed by atoms with E-state index >= 15 is 0 Å². The van der Waals surface area contributed by atoms with Crippen LogP contribution in [0.1, 0.15) is 13.3 Å². The Kier molecular flexibility index (Phi) is 5.48. The van der Waals surface area contributed by atoms with Crippen molar-refractivity contribution in [3.05, 3.63) is 0 Å². The SMILES string of the molecule is CC(CCl)C(=O)N(C)CCC#N. The van der Waals surface area contributed by atoms with Gasteiger partial charge in [-0.25, -0.2) is 0 Å².